The van der Waals surface area contributed by atoms with Gasteiger partial charge in [0.25, 0.3) is 5.56 Å². The van der Waals surface area contributed by atoms with E-state index in [0.717, 1.165) is 16.7 Å². The first kappa shape index (κ1) is 33.0. The second-order valence-corrected chi connectivity index (χ2v) is 12.1. The third-order valence-corrected chi connectivity index (χ3v) is 7.95. The molecule has 3 heterocycles. The third kappa shape index (κ3) is 6.92. The van der Waals surface area contributed by atoms with E-state index in [0.29, 0.717) is 12.6 Å². The van der Waals surface area contributed by atoms with Crippen LogP contribution < -0.4 is 20.9 Å². The van der Waals surface area contributed by atoms with Crippen molar-refractivity contribution in [1.29, 1.82) is 0 Å². The summed E-state index contributed by atoms with van der Waals surface area (Å²) in [6, 6.07) is 3.95. The van der Waals surface area contributed by atoms with Gasteiger partial charge in [0.15, 0.2) is 23.1 Å². The molecule has 0 saturated carbocycles. The van der Waals surface area contributed by atoms with E-state index >= 15 is 13.2 Å². The lowest BCUT2D eigenvalue weighted by molar-refractivity contribution is 0.254. The van der Waals surface area contributed by atoms with E-state index in [1.807, 2.05) is 0 Å². The standard InChI is InChI=1S/C27H26F5N7O3S.ClH/c1-13(2)39-25-20(11-34-27(37-25)35-17-7-16(29)9-33-10-17)36-23(26(39)40)18-8-19(30)24(22(32)21(18)31)38-43(41,42)12-14-3-5-15(28)6-4-14;/h3-6,8,11,13,16-17,33,38H,7,9-10,12H2,1-2H3,(H,34,35,37);1H/t16-,17-;/m0./s1. The highest BCUT2D eigenvalue weighted by Gasteiger charge is 2.28. The first-order valence-electron chi connectivity index (χ1n) is 13.2. The Labute approximate surface area is 254 Å². The maximum atomic E-state index is 15.4. The monoisotopic (exact) mass is 659 g/mol. The van der Waals surface area contributed by atoms with Crippen LogP contribution in [0.2, 0.25) is 0 Å². The number of alkyl halides is 1. The molecule has 17 heteroatoms. The maximum Gasteiger partial charge on any atom is 0.279 e. The van der Waals surface area contributed by atoms with E-state index in [1.165, 1.54) is 18.3 Å². The van der Waals surface area contributed by atoms with Crippen molar-refractivity contribution in [3.63, 3.8) is 0 Å². The third-order valence-electron chi connectivity index (χ3n) is 6.72. The van der Waals surface area contributed by atoms with Crippen LogP contribution in [0, 0.1) is 23.3 Å². The number of nitrogens with one attached hydrogen (secondary N) is 3. The number of sulfonamides is 1. The zero-order valence-electron chi connectivity index (χ0n) is 23.2. The molecule has 1 aliphatic heterocycles. The van der Waals surface area contributed by atoms with Gasteiger partial charge in [0.2, 0.25) is 16.0 Å². The highest BCUT2D eigenvalue weighted by Crippen LogP contribution is 2.31. The molecule has 1 aliphatic rings. The van der Waals surface area contributed by atoms with Crippen molar-refractivity contribution in [2.45, 2.75) is 44.3 Å². The predicted octanol–water partition coefficient (Wildman–Crippen LogP) is 4.47. The van der Waals surface area contributed by atoms with Crippen molar-refractivity contribution in [2.24, 2.45) is 0 Å². The Morgan fingerprint density at radius 3 is 2.43 bits per heavy atom. The Balaban J connectivity index is 0.00000442. The van der Waals surface area contributed by atoms with E-state index < -0.39 is 73.8 Å². The van der Waals surface area contributed by atoms with Gasteiger partial charge in [-0.15, -0.1) is 12.4 Å². The van der Waals surface area contributed by atoms with Crippen LogP contribution in [-0.4, -0.2) is 53.2 Å². The van der Waals surface area contributed by atoms with Crippen molar-refractivity contribution >= 4 is 45.2 Å². The molecule has 0 amide bonds. The fourth-order valence-electron chi connectivity index (χ4n) is 4.76. The Kier molecular flexibility index (Phi) is 9.75. The molecule has 5 rings (SSSR count). The lowest BCUT2D eigenvalue weighted by atomic mass is 10.1. The van der Waals surface area contributed by atoms with Crippen LogP contribution >= 0.6 is 12.4 Å². The second kappa shape index (κ2) is 13.0. The zero-order chi connectivity index (χ0) is 31.1. The summed E-state index contributed by atoms with van der Waals surface area (Å²) in [5.74, 6) is -6.40. The maximum absolute atomic E-state index is 15.4. The molecule has 0 spiro atoms. The van der Waals surface area contributed by atoms with Crippen molar-refractivity contribution in [3.8, 4) is 11.3 Å². The number of benzene rings is 2. The average Bonchev–Trinajstić information content (AvgIpc) is 2.94. The molecule has 236 valence electrons. The molecule has 2 atom stereocenters. The van der Waals surface area contributed by atoms with Crippen LogP contribution in [-0.2, 0) is 15.8 Å². The molecule has 3 N–H and O–H groups in total. The van der Waals surface area contributed by atoms with Crippen molar-refractivity contribution in [1.82, 2.24) is 24.8 Å². The molecular formula is C27H27ClF5N7O3S. The van der Waals surface area contributed by atoms with Crippen LogP contribution in [0.3, 0.4) is 0 Å². The van der Waals surface area contributed by atoms with Crippen LogP contribution in [0.15, 0.2) is 41.3 Å². The van der Waals surface area contributed by atoms with E-state index in [2.05, 4.69) is 25.6 Å². The van der Waals surface area contributed by atoms with Crippen LogP contribution in [0.1, 0.15) is 31.9 Å². The largest absolute Gasteiger partial charge is 0.350 e. The minimum absolute atomic E-state index is 0. The van der Waals surface area contributed by atoms with E-state index in [-0.39, 0.29) is 54.1 Å². The number of anilines is 2. The van der Waals surface area contributed by atoms with Crippen LogP contribution in [0.4, 0.5) is 33.6 Å². The fraction of sp³-hybridized carbons (Fsp3) is 0.333. The summed E-state index contributed by atoms with van der Waals surface area (Å²) < 4.78 is 100. The van der Waals surface area contributed by atoms with Gasteiger partial charge in [0.05, 0.1) is 11.9 Å². The molecule has 1 fully saturated rings. The molecule has 4 aromatic rings. The Morgan fingerprint density at radius 2 is 1.77 bits per heavy atom. The molecule has 0 aliphatic carbocycles. The summed E-state index contributed by atoms with van der Waals surface area (Å²) >= 11 is 0. The topological polar surface area (TPSA) is 131 Å². The highest BCUT2D eigenvalue weighted by molar-refractivity contribution is 7.91. The van der Waals surface area contributed by atoms with Crippen molar-refractivity contribution in [3.05, 3.63) is 75.7 Å². The first-order chi connectivity index (χ1) is 20.3. The quantitative estimate of drug-likeness (QED) is 0.187. The normalized spacial score (nSPS) is 17.0. The van der Waals surface area contributed by atoms with E-state index in [1.54, 1.807) is 18.6 Å². The lowest BCUT2D eigenvalue weighted by Crippen LogP contribution is -2.44. The van der Waals surface area contributed by atoms with Crippen LogP contribution in [0.5, 0.6) is 0 Å². The number of rotatable bonds is 8. The number of nitrogens with zero attached hydrogens (tertiary/aromatic N) is 4. The molecule has 10 nitrogen and oxygen atoms in total. The minimum Gasteiger partial charge on any atom is -0.350 e. The summed E-state index contributed by atoms with van der Waals surface area (Å²) in [6.45, 7) is 3.96. The van der Waals surface area contributed by atoms with E-state index in [9.17, 15) is 22.0 Å². The molecule has 0 bridgehead atoms. The highest BCUT2D eigenvalue weighted by atomic mass is 35.5. The number of aromatic nitrogens is 4. The molecule has 44 heavy (non-hydrogen) atoms. The summed E-state index contributed by atoms with van der Waals surface area (Å²) in [5.41, 5.74) is -3.54. The SMILES string of the molecule is CC(C)n1c(=O)c(-c2cc(F)c(NS(=O)(=O)Cc3ccc(F)cc3)c(F)c2F)nc2cnc(N[C@@H]3CNC[C@@H](F)C3)nc21.Cl. The van der Waals surface area contributed by atoms with Gasteiger partial charge in [-0.25, -0.2) is 40.3 Å². The summed E-state index contributed by atoms with van der Waals surface area (Å²) in [7, 11) is -4.46. The molecule has 1 saturated heterocycles. The van der Waals surface area contributed by atoms with Gasteiger partial charge in [0.1, 0.15) is 28.9 Å². The zero-order valence-corrected chi connectivity index (χ0v) is 24.9. The number of halogens is 6. The van der Waals surface area contributed by atoms with Gasteiger partial charge >= 0.3 is 0 Å². The summed E-state index contributed by atoms with van der Waals surface area (Å²) in [6.07, 6.45) is 0.396. The minimum atomic E-state index is -4.46. The van der Waals surface area contributed by atoms with Gasteiger partial charge in [-0.3, -0.25) is 14.1 Å². The summed E-state index contributed by atoms with van der Waals surface area (Å²) in [5, 5.41) is 5.94. The fourth-order valence-corrected chi connectivity index (χ4v) is 5.96. The number of fused-ring (bicyclic) bond motifs is 1. The van der Waals surface area contributed by atoms with Gasteiger partial charge < -0.3 is 10.6 Å². The average molecular weight is 660 g/mol. The van der Waals surface area contributed by atoms with Gasteiger partial charge in [-0.2, -0.15) is 4.98 Å². The molecule has 0 radical (unpaired) electrons. The van der Waals surface area contributed by atoms with Gasteiger partial charge in [-0.05, 0) is 37.6 Å². The van der Waals surface area contributed by atoms with Gasteiger partial charge in [-0.1, -0.05) is 12.1 Å². The number of hydrogen-bond acceptors (Lipinski definition) is 8. The molecule has 2 aromatic carbocycles. The smallest absolute Gasteiger partial charge is 0.279 e. The number of hydrogen-bond donors (Lipinski definition) is 3. The lowest BCUT2D eigenvalue weighted by Gasteiger charge is -2.26. The van der Waals surface area contributed by atoms with E-state index in [4.69, 9.17) is 0 Å². The molecule has 0 unspecified atom stereocenters. The first-order valence-corrected chi connectivity index (χ1v) is 14.8. The van der Waals surface area contributed by atoms with Crippen molar-refractivity contribution in [2.75, 3.05) is 23.1 Å². The Hall–Kier alpha value is -3.89. The van der Waals surface area contributed by atoms with Crippen LogP contribution in [0.25, 0.3) is 22.4 Å². The molecular weight excluding hydrogens is 633 g/mol. The second-order valence-electron chi connectivity index (χ2n) is 10.4. The molecule has 2 aromatic heterocycles. The van der Waals surface area contributed by atoms with Crippen molar-refractivity contribution < 1.29 is 30.4 Å². The predicted molar refractivity (Wildman–Crippen MR) is 157 cm³/mol. The van der Waals surface area contributed by atoms with Gasteiger partial charge in [0, 0.05) is 37.2 Å². The number of piperidine rings is 1. The summed E-state index contributed by atoms with van der Waals surface area (Å²) in [4.78, 5) is 26.1. The Bertz CT molecular complexity index is 1860. The Morgan fingerprint density at radius 1 is 1.07 bits per heavy atom.